The molecule has 0 radical (unpaired) electrons. The highest BCUT2D eigenvalue weighted by Gasteiger charge is 2.15. The lowest BCUT2D eigenvalue weighted by atomic mass is 10.1. The smallest absolute Gasteiger partial charge is 0.242 e. The minimum absolute atomic E-state index is 0.00839. The predicted molar refractivity (Wildman–Crippen MR) is 143 cm³/mol. The summed E-state index contributed by atoms with van der Waals surface area (Å²) in [6.45, 7) is 4.65. The van der Waals surface area contributed by atoms with Crippen LogP contribution in [0.2, 0.25) is 0 Å². The van der Waals surface area contributed by atoms with Crippen LogP contribution in [0, 0.1) is 5.41 Å². The topological polar surface area (TPSA) is 140 Å². The van der Waals surface area contributed by atoms with Crippen LogP contribution in [-0.4, -0.2) is 35.3 Å². The molecule has 2 amide bonds. The van der Waals surface area contributed by atoms with E-state index in [2.05, 4.69) is 47.1 Å². The van der Waals surface area contributed by atoms with Crippen LogP contribution in [0.3, 0.4) is 0 Å². The standard InChI is InChI=1S/C20H25N5O3.C8H10/c1-13(20(28)24-11-15-2-6-16(7-3-15)19(21)22)25-18(27)12-23-10-14-4-8-17(26)9-5-14;1-2-8-6-4-3-5-7-8/h2-9,13,23,26H,10-12H2,1H3,(H3,21,22)(H,24,28)(H,25,27);3-7H,2H2,1H3. The van der Waals surface area contributed by atoms with E-state index in [9.17, 15) is 14.7 Å². The fourth-order valence-electron chi connectivity index (χ4n) is 3.15. The van der Waals surface area contributed by atoms with Gasteiger partial charge in [0, 0.05) is 18.7 Å². The van der Waals surface area contributed by atoms with E-state index in [4.69, 9.17) is 11.1 Å². The molecule has 0 aromatic heterocycles. The van der Waals surface area contributed by atoms with Gasteiger partial charge in [0.05, 0.1) is 6.54 Å². The van der Waals surface area contributed by atoms with Crippen LogP contribution in [0.1, 0.15) is 36.1 Å². The summed E-state index contributed by atoms with van der Waals surface area (Å²) in [5.41, 5.74) is 9.24. The second kappa shape index (κ2) is 15.0. The number of amides is 2. The number of hydrogen-bond donors (Lipinski definition) is 6. The van der Waals surface area contributed by atoms with Crippen LogP contribution in [0.15, 0.2) is 78.9 Å². The van der Waals surface area contributed by atoms with E-state index in [0.29, 0.717) is 18.7 Å². The SMILES string of the molecule is CC(NC(=O)CNCc1ccc(O)cc1)C(=O)NCc1ccc(C(=N)N)cc1.CCc1ccccc1. The second-order valence-corrected chi connectivity index (χ2v) is 8.23. The highest BCUT2D eigenvalue weighted by Crippen LogP contribution is 2.09. The number of phenols is 1. The number of carbonyl (C=O) groups excluding carboxylic acids is 2. The Bertz CT molecular complexity index is 1100. The molecule has 0 saturated carbocycles. The van der Waals surface area contributed by atoms with Gasteiger partial charge < -0.3 is 26.8 Å². The molecule has 0 saturated heterocycles. The lowest BCUT2D eigenvalue weighted by Gasteiger charge is -2.14. The fourth-order valence-corrected chi connectivity index (χ4v) is 3.15. The molecule has 8 nitrogen and oxygen atoms in total. The van der Waals surface area contributed by atoms with E-state index >= 15 is 0 Å². The molecule has 36 heavy (non-hydrogen) atoms. The van der Waals surface area contributed by atoms with Crippen LogP contribution in [0.4, 0.5) is 0 Å². The number of aryl methyl sites for hydroxylation is 1. The molecule has 3 rings (SSSR count). The van der Waals surface area contributed by atoms with Crippen LogP contribution in [0.25, 0.3) is 0 Å². The van der Waals surface area contributed by atoms with Crippen molar-refractivity contribution in [3.8, 4) is 5.75 Å². The lowest BCUT2D eigenvalue weighted by molar-refractivity contribution is -0.128. The zero-order valence-electron chi connectivity index (χ0n) is 20.8. The zero-order valence-corrected chi connectivity index (χ0v) is 20.8. The summed E-state index contributed by atoms with van der Waals surface area (Å²) in [7, 11) is 0. The summed E-state index contributed by atoms with van der Waals surface area (Å²) >= 11 is 0. The van der Waals surface area contributed by atoms with Gasteiger partial charge in [-0.25, -0.2) is 0 Å². The molecule has 0 aliphatic rings. The third kappa shape index (κ3) is 10.4. The van der Waals surface area contributed by atoms with Crippen molar-refractivity contribution in [2.24, 2.45) is 5.73 Å². The zero-order chi connectivity index (χ0) is 26.3. The van der Waals surface area contributed by atoms with Gasteiger partial charge in [-0.3, -0.25) is 15.0 Å². The van der Waals surface area contributed by atoms with Gasteiger partial charge in [0.2, 0.25) is 11.8 Å². The molecule has 3 aromatic carbocycles. The number of aromatic hydroxyl groups is 1. The van der Waals surface area contributed by atoms with Gasteiger partial charge >= 0.3 is 0 Å². The average Bonchev–Trinajstić information content (AvgIpc) is 2.89. The van der Waals surface area contributed by atoms with Crippen molar-refractivity contribution in [3.63, 3.8) is 0 Å². The summed E-state index contributed by atoms with van der Waals surface area (Å²) in [5, 5.41) is 25.0. The number of carbonyl (C=O) groups is 2. The van der Waals surface area contributed by atoms with Gasteiger partial charge in [-0.1, -0.05) is 73.7 Å². The second-order valence-electron chi connectivity index (χ2n) is 8.23. The van der Waals surface area contributed by atoms with Gasteiger partial charge in [0.15, 0.2) is 0 Å². The Morgan fingerprint density at radius 1 is 0.889 bits per heavy atom. The highest BCUT2D eigenvalue weighted by molar-refractivity contribution is 5.94. The Kier molecular flexibility index (Phi) is 11.7. The summed E-state index contributed by atoms with van der Waals surface area (Å²) < 4.78 is 0. The quantitative estimate of drug-likeness (QED) is 0.192. The van der Waals surface area contributed by atoms with E-state index in [1.54, 1.807) is 55.5 Å². The van der Waals surface area contributed by atoms with E-state index in [0.717, 1.165) is 17.5 Å². The molecule has 0 spiro atoms. The maximum absolute atomic E-state index is 12.1. The lowest BCUT2D eigenvalue weighted by Crippen LogP contribution is -2.47. The van der Waals surface area contributed by atoms with Crippen molar-refractivity contribution >= 4 is 17.6 Å². The maximum Gasteiger partial charge on any atom is 0.242 e. The monoisotopic (exact) mass is 489 g/mol. The van der Waals surface area contributed by atoms with Crippen LogP contribution < -0.4 is 21.7 Å². The molecular formula is C28H35N5O3. The number of amidine groups is 1. The first kappa shape index (κ1) is 28.1. The van der Waals surface area contributed by atoms with Crippen LogP contribution in [0.5, 0.6) is 5.75 Å². The molecule has 0 heterocycles. The minimum Gasteiger partial charge on any atom is -0.508 e. The number of rotatable bonds is 10. The summed E-state index contributed by atoms with van der Waals surface area (Å²) in [4.78, 5) is 24.1. The third-order valence-corrected chi connectivity index (χ3v) is 5.30. The van der Waals surface area contributed by atoms with Crippen molar-refractivity contribution < 1.29 is 14.7 Å². The number of nitrogens with two attached hydrogens (primary N) is 1. The molecule has 7 N–H and O–H groups in total. The fraction of sp³-hybridized carbons (Fsp3) is 0.250. The Hall–Kier alpha value is -4.17. The Balaban J connectivity index is 0.000000482. The number of nitrogens with one attached hydrogen (secondary N) is 4. The largest absolute Gasteiger partial charge is 0.508 e. The maximum atomic E-state index is 12.1. The summed E-state index contributed by atoms with van der Waals surface area (Å²) in [5.74, 6) is -0.392. The molecule has 8 heteroatoms. The van der Waals surface area contributed by atoms with Gasteiger partial charge in [-0.15, -0.1) is 0 Å². The Labute approximate surface area is 212 Å². The number of phenolic OH excluding ortho intramolecular Hbond substituents is 1. The number of nitrogen functional groups attached to an aromatic ring is 1. The van der Waals surface area contributed by atoms with E-state index in [-0.39, 0.29) is 29.9 Å². The molecule has 3 aromatic rings. The van der Waals surface area contributed by atoms with Gasteiger partial charge in [0.1, 0.15) is 17.6 Å². The van der Waals surface area contributed by atoms with Crippen molar-refractivity contribution in [3.05, 3.63) is 101 Å². The van der Waals surface area contributed by atoms with Crippen molar-refractivity contribution in [2.45, 2.75) is 39.4 Å². The first-order valence-electron chi connectivity index (χ1n) is 11.8. The van der Waals surface area contributed by atoms with Crippen LogP contribution >= 0.6 is 0 Å². The first-order chi connectivity index (χ1) is 17.3. The highest BCUT2D eigenvalue weighted by atomic mass is 16.3. The molecule has 0 aliphatic heterocycles. The molecule has 0 fully saturated rings. The third-order valence-electron chi connectivity index (χ3n) is 5.30. The molecule has 1 unspecified atom stereocenters. The Morgan fingerprint density at radius 3 is 2.03 bits per heavy atom. The number of benzene rings is 3. The van der Waals surface area contributed by atoms with Gasteiger partial charge in [-0.05, 0) is 42.2 Å². The normalized spacial score (nSPS) is 10.9. The first-order valence-corrected chi connectivity index (χ1v) is 11.8. The average molecular weight is 490 g/mol. The molecular weight excluding hydrogens is 454 g/mol. The Morgan fingerprint density at radius 2 is 1.47 bits per heavy atom. The van der Waals surface area contributed by atoms with E-state index in [1.807, 2.05) is 6.07 Å². The van der Waals surface area contributed by atoms with Crippen LogP contribution in [-0.2, 0) is 29.1 Å². The van der Waals surface area contributed by atoms with Crippen molar-refractivity contribution in [1.82, 2.24) is 16.0 Å². The molecule has 190 valence electrons. The van der Waals surface area contributed by atoms with E-state index in [1.165, 1.54) is 5.56 Å². The number of hydrogen-bond acceptors (Lipinski definition) is 5. The molecule has 0 bridgehead atoms. The summed E-state index contributed by atoms with van der Waals surface area (Å²) in [6.07, 6.45) is 1.14. The van der Waals surface area contributed by atoms with Gasteiger partial charge in [0.25, 0.3) is 0 Å². The van der Waals surface area contributed by atoms with Crippen molar-refractivity contribution in [1.29, 1.82) is 5.41 Å². The predicted octanol–water partition coefficient (Wildman–Crippen LogP) is 2.84. The van der Waals surface area contributed by atoms with Crippen molar-refractivity contribution in [2.75, 3.05) is 6.54 Å². The molecule has 0 aliphatic carbocycles. The molecule has 1 atom stereocenters. The van der Waals surface area contributed by atoms with Gasteiger partial charge in [-0.2, -0.15) is 0 Å². The summed E-state index contributed by atoms with van der Waals surface area (Å²) in [6, 6.07) is 23.5. The van der Waals surface area contributed by atoms with E-state index < -0.39 is 6.04 Å². The minimum atomic E-state index is -0.667.